The number of rotatable bonds is 5. The van der Waals surface area contributed by atoms with Gasteiger partial charge in [0.2, 0.25) is 0 Å². The number of carbonyl (C=O) groups is 1. The molecule has 0 aliphatic heterocycles. The van der Waals surface area contributed by atoms with Crippen LogP contribution in [0.3, 0.4) is 0 Å². The number of aromatic nitrogens is 3. The number of methoxy groups -OCH3 is 1. The Balaban J connectivity index is 1.18. The smallest absolute Gasteiger partial charge is 0.157 e. The number of fused-ring (bicyclic) bond motifs is 6. The Hall–Kier alpha value is -1.95. The van der Waals surface area contributed by atoms with Crippen LogP contribution in [0.15, 0.2) is 18.2 Å². The zero-order chi connectivity index (χ0) is 24.4. The van der Waals surface area contributed by atoms with Crippen LogP contribution in [-0.2, 0) is 11.3 Å². The van der Waals surface area contributed by atoms with E-state index >= 15 is 0 Å². The second-order valence-electron chi connectivity index (χ2n) is 12.5. The first-order valence-electron chi connectivity index (χ1n) is 14.0. The Kier molecular flexibility index (Phi) is 5.74. The third kappa shape index (κ3) is 3.73. The van der Waals surface area contributed by atoms with Gasteiger partial charge in [-0.25, -0.2) is 4.68 Å². The van der Waals surface area contributed by atoms with Crippen LogP contribution in [0.25, 0.3) is 11.0 Å². The largest absolute Gasteiger partial charge is 0.497 e. The van der Waals surface area contributed by atoms with E-state index in [1.165, 1.54) is 38.5 Å². The topological polar surface area (TPSA) is 77.2 Å². The molecule has 4 aliphatic carbocycles. The molecule has 1 aromatic heterocycles. The zero-order valence-corrected chi connectivity index (χ0v) is 21.6. The van der Waals surface area contributed by atoms with Crippen LogP contribution < -0.4 is 4.74 Å². The normalized spacial score (nSPS) is 40.7. The summed E-state index contributed by atoms with van der Waals surface area (Å²) in [5.74, 6) is 4.92. The predicted molar refractivity (Wildman–Crippen MR) is 135 cm³/mol. The van der Waals surface area contributed by atoms with Crippen molar-refractivity contribution in [3.63, 3.8) is 0 Å². The van der Waals surface area contributed by atoms with Crippen molar-refractivity contribution in [3.05, 3.63) is 18.2 Å². The van der Waals surface area contributed by atoms with E-state index in [-0.39, 0.29) is 11.3 Å². The fourth-order valence-corrected chi connectivity index (χ4v) is 9.26. The minimum Gasteiger partial charge on any atom is -0.497 e. The van der Waals surface area contributed by atoms with Crippen LogP contribution in [0, 0.1) is 40.9 Å². The minimum atomic E-state index is -0.419. The van der Waals surface area contributed by atoms with Gasteiger partial charge in [-0.2, -0.15) is 0 Å². The fourth-order valence-electron chi connectivity index (χ4n) is 9.26. The highest BCUT2D eigenvalue weighted by molar-refractivity contribution is 5.84. The number of ketones is 1. The lowest BCUT2D eigenvalue weighted by molar-refractivity contribution is -0.133. The SMILES string of the molecule is CC[C@@]1(O)CC[C@H]2[C@H](CC[C@@H]3[C@@H]2CC[C@]2(C)[C@@H](C(=O)Cn4nnc5ccc(OC)cc54)CC[C@@H]32)C1. The maximum atomic E-state index is 13.7. The van der Waals surface area contributed by atoms with Crippen molar-refractivity contribution >= 4 is 16.8 Å². The molecule has 0 radical (unpaired) electrons. The van der Waals surface area contributed by atoms with Gasteiger partial charge in [0.05, 0.1) is 18.2 Å². The van der Waals surface area contributed by atoms with Crippen LogP contribution in [-0.4, -0.2) is 38.6 Å². The number of benzene rings is 1. The summed E-state index contributed by atoms with van der Waals surface area (Å²) < 4.78 is 7.14. The number of carbonyl (C=O) groups excluding carboxylic acids is 1. The third-order valence-electron chi connectivity index (χ3n) is 11.2. The molecular weight excluding hydrogens is 438 g/mol. The summed E-state index contributed by atoms with van der Waals surface area (Å²) in [5, 5.41) is 19.5. The van der Waals surface area contributed by atoms with E-state index in [0.717, 1.165) is 60.2 Å². The van der Waals surface area contributed by atoms with Crippen LogP contribution >= 0.6 is 0 Å². The van der Waals surface area contributed by atoms with Crippen molar-refractivity contribution in [2.45, 2.75) is 90.2 Å². The summed E-state index contributed by atoms with van der Waals surface area (Å²) in [6.45, 7) is 4.87. The van der Waals surface area contributed by atoms with Gasteiger partial charge in [-0.05, 0) is 111 Å². The number of hydrogen-bond donors (Lipinski definition) is 1. The van der Waals surface area contributed by atoms with Gasteiger partial charge in [0, 0.05) is 12.0 Å². The number of ether oxygens (including phenoxy) is 1. The molecule has 6 nitrogen and oxygen atoms in total. The highest BCUT2D eigenvalue weighted by Crippen LogP contribution is 2.64. The van der Waals surface area contributed by atoms with Crippen molar-refractivity contribution in [2.24, 2.45) is 40.9 Å². The van der Waals surface area contributed by atoms with Crippen molar-refractivity contribution < 1.29 is 14.6 Å². The summed E-state index contributed by atoms with van der Waals surface area (Å²) >= 11 is 0. The maximum absolute atomic E-state index is 13.7. The van der Waals surface area contributed by atoms with Gasteiger partial charge in [-0.3, -0.25) is 4.79 Å². The lowest BCUT2D eigenvalue weighted by atomic mass is 9.48. The standard InChI is InChI=1S/C29H41N3O3/c1-4-29(34)14-12-20-18(16-29)5-7-22-21(20)11-13-28(2)23(22)8-9-24(28)27(33)17-32-26-15-19(35-3)6-10-25(26)30-31-32/h6,10,15,18,20-24,34H,4-5,7-9,11-14,16-17H2,1-3H3/t18-,20+,21-,22-,23+,24-,28+,29-/m1/s1. The molecule has 2 aromatic rings. The Morgan fingerprint density at radius 1 is 1.11 bits per heavy atom. The Labute approximate surface area is 208 Å². The molecule has 4 saturated carbocycles. The Bertz CT molecular complexity index is 1110. The maximum Gasteiger partial charge on any atom is 0.157 e. The number of nitrogens with zero attached hydrogens (tertiary/aromatic N) is 3. The molecule has 8 atom stereocenters. The fraction of sp³-hybridized carbons (Fsp3) is 0.759. The van der Waals surface area contributed by atoms with Crippen LogP contribution in [0.5, 0.6) is 5.75 Å². The van der Waals surface area contributed by atoms with E-state index in [0.29, 0.717) is 24.2 Å². The molecular formula is C29H41N3O3. The van der Waals surface area contributed by atoms with E-state index in [1.54, 1.807) is 11.8 Å². The summed E-state index contributed by atoms with van der Waals surface area (Å²) in [6, 6.07) is 5.71. The molecule has 4 fully saturated rings. The minimum absolute atomic E-state index is 0.109. The van der Waals surface area contributed by atoms with Gasteiger partial charge in [0.1, 0.15) is 17.8 Å². The highest BCUT2D eigenvalue weighted by Gasteiger charge is 2.58. The summed E-state index contributed by atoms with van der Waals surface area (Å²) in [7, 11) is 1.65. The number of Topliss-reactive ketones (excluding diaryl/α,β-unsaturated/α-hetero) is 1. The molecule has 6 rings (SSSR count). The number of aliphatic hydroxyl groups is 1. The van der Waals surface area contributed by atoms with Crippen molar-refractivity contribution in [1.82, 2.24) is 15.0 Å². The van der Waals surface area contributed by atoms with Gasteiger partial charge in [-0.1, -0.05) is 19.1 Å². The van der Waals surface area contributed by atoms with Crippen LogP contribution in [0.2, 0.25) is 0 Å². The van der Waals surface area contributed by atoms with Crippen LogP contribution in [0.4, 0.5) is 0 Å². The van der Waals surface area contributed by atoms with Gasteiger partial charge < -0.3 is 9.84 Å². The third-order valence-corrected chi connectivity index (χ3v) is 11.2. The second-order valence-corrected chi connectivity index (χ2v) is 12.5. The average Bonchev–Trinajstić information content (AvgIpc) is 3.43. The first-order valence-corrected chi connectivity index (χ1v) is 14.0. The summed E-state index contributed by atoms with van der Waals surface area (Å²) in [5.41, 5.74) is 1.35. The molecule has 6 heteroatoms. The Morgan fingerprint density at radius 2 is 1.94 bits per heavy atom. The van der Waals surface area contributed by atoms with Crippen molar-refractivity contribution in [2.75, 3.05) is 7.11 Å². The molecule has 35 heavy (non-hydrogen) atoms. The first kappa shape index (κ1) is 23.4. The molecule has 0 saturated heterocycles. The van der Waals surface area contributed by atoms with Gasteiger partial charge in [-0.15, -0.1) is 5.10 Å². The van der Waals surface area contributed by atoms with Gasteiger partial charge >= 0.3 is 0 Å². The molecule has 0 bridgehead atoms. The van der Waals surface area contributed by atoms with Crippen molar-refractivity contribution in [1.29, 1.82) is 0 Å². The predicted octanol–water partition coefficient (Wildman–Crippen LogP) is 5.42. The lowest BCUT2D eigenvalue weighted by Crippen LogP contribution is -2.51. The monoisotopic (exact) mass is 479 g/mol. The zero-order valence-electron chi connectivity index (χ0n) is 21.6. The first-order chi connectivity index (χ1) is 16.8. The lowest BCUT2D eigenvalue weighted by Gasteiger charge is -2.57. The van der Waals surface area contributed by atoms with E-state index in [4.69, 9.17) is 4.74 Å². The highest BCUT2D eigenvalue weighted by atomic mass is 16.5. The molecule has 0 amide bonds. The molecule has 4 aliphatic rings. The molecule has 1 heterocycles. The molecule has 1 N–H and O–H groups in total. The van der Waals surface area contributed by atoms with E-state index < -0.39 is 5.60 Å². The summed E-state index contributed by atoms with van der Waals surface area (Å²) in [4.78, 5) is 13.7. The van der Waals surface area contributed by atoms with Gasteiger partial charge in [0.25, 0.3) is 0 Å². The quantitative estimate of drug-likeness (QED) is 0.620. The number of hydrogen-bond acceptors (Lipinski definition) is 5. The summed E-state index contributed by atoms with van der Waals surface area (Å²) in [6.07, 6.45) is 11.3. The van der Waals surface area contributed by atoms with E-state index in [9.17, 15) is 9.90 Å². The molecule has 190 valence electrons. The molecule has 1 aromatic carbocycles. The van der Waals surface area contributed by atoms with E-state index in [2.05, 4.69) is 24.2 Å². The van der Waals surface area contributed by atoms with Gasteiger partial charge in [0.15, 0.2) is 5.78 Å². The Morgan fingerprint density at radius 3 is 2.74 bits per heavy atom. The second kappa shape index (κ2) is 8.57. The van der Waals surface area contributed by atoms with Crippen molar-refractivity contribution in [3.8, 4) is 5.75 Å². The average molecular weight is 480 g/mol. The van der Waals surface area contributed by atoms with E-state index in [1.807, 2.05) is 18.2 Å². The molecule has 0 unspecified atom stereocenters. The molecule has 0 spiro atoms. The van der Waals surface area contributed by atoms with Crippen LogP contribution in [0.1, 0.15) is 78.1 Å².